The summed E-state index contributed by atoms with van der Waals surface area (Å²) in [5, 5.41) is 13.0. The van der Waals surface area contributed by atoms with E-state index in [0.29, 0.717) is 44.6 Å². The first kappa shape index (κ1) is 24.8. The van der Waals surface area contributed by atoms with Gasteiger partial charge in [0, 0.05) is 61.3 Å². The number of likely N-dealkylation sites (tertiary alicyclic amines) is 1. The highest BCUT2D eigenvalue weighted by Crippen LogP contribution is 2.33. The largest absolute Gasteiger partial charge is 0.388 e. The molecular weight excluding hydrogens is 510 g/mol. The molecule has 2 aromatic carbocycles. The Morgan fingerprint density at radius 1 is 1.10 bits per heavy atom. The molecule has 4 aromatic rings. The first-order valence-corrected chi connectivity index (χ1v) is 13.8. The minimum Gasteiger partial charge on any atom is -0.388 e. The van der Waals surface area contributed by atoms with Crippen molar-refractivity contribution in [3.63, 3.8) is 0 Å². The summed E-state index contributed by atoms with van der Waals surface area (Å²) in [4.78, 5) is 34.4. The maximum absolute atomic E-state index is 13.3. The van der Waals surface area contributed by atoms with E-state index in [4.69, 9.17) is 14.2 Å². The van der Waals surface area contributed by atoms with Gasteiger partial charge in [0.1, 0.15) is 0 Å². The molecule has 3 saturated heterocycles. The van der Waals surface area contributed by atoms with Crippen LogP contribution in [-0.4, -0.2) is 76.5 Å². The molecule has 3 aliphatic rings. The molecule has 0 radical (unpaired) electrons. The van der Waals surface area contributed by atoms with Crippen LogP contribution >= 0.6 is 0 Å². The molecule has 0 bridgehead atoms. The van der Waals surface area contributed by atoms with E-state index in [2.05, 4.69) is 21.6 Å². The second-order valence-corrected chi connectivity index (χ2v) is 10.8. The number of piperidine rings is 1. The van der Waals surface area contributed by atoms with Crippen LogP contribution < -0.4 is 10.2 Å². The molecule has 2 amide bonds. The molecule has 5 heterocycles. The summed E-state index contributed by atoms with van der Waals surface area (Å²) in [5.41, 5.74) is 3.66. The average molecular weight is 542 g/mol. The first-order chi connectivity index (χ1) is 19.6. The molecule has 206 valence electrons. The van der Waals surface area contributed by atoms with Gasteiger partial charge in [-0.15, -0.1) is 0 Å². The van der Waals surface area contributed by atoms with Gasteiger partial charge in [0.25, 0.3) is 0 Å². The lowest BCUT2D eigenvalue weighted by atomic mass is 9.95. The number of rotatable bonds is 6. The lowest BCUT2D eigenvalue weighted by Crippen LogP contribution is -2.42. The highest BCUT2D eigenvalue weighted by atomic mass is 16.5. The molecule has 1 atom stereocenters. The number of nitrogens with one attached hydrogen (secondary N) is 1. The number of hydrogen-bond acceptors (Lipinski definition) is 8. The summed E-state index contributed by atoms with van der Waals surface area (Å²) in [6.07, 6.45) is 3.60. The molecule has 1 N–H and O–H groups in total. The van der Waals surface area contributed by atoms with E-state index in [0.717, 1.165) is 40.7 Å². The molecular formula is C29H31N7O4. The van der Waals surface area contributed by atoms with E-state index < -0.39 is 0 Å². The van der Waals surface area contributed by atoms with Crippen molar-refractivity contribution in [3.05, 3.63) is 54.6 Å². The highest BCUT2D eigenvalue weighted by molar-refractivity contribution is 6.00. The Hall–Kier alpha value is -4.25. The number of carbonyl (C=O) groups is 2. The van der Waals surface area contributed by atoms with Crippen molar-refractivity contribution < 1.29 is 18.8 Å². The van der Waals surface area contributed by atoms with Crippen molar-refractivity contribution in [3.8, 4) is 11.4 Å². The molecule has 0 unspecified atom stereocenters. The van der Waals surface area contributed by atoms with Crippen LogP contribution in [0.25, 0.3) is 22.3 Å². The molecule has 0 saturated carbocycles. The van der Waals surface area contributed by atoms with Gasteiger partial charge >= 0.3 is 0 Å². The Kier molecular flexibility index (Phi) is 6.22. The fraction of sp³-hybridized carbons (Fsp3) is 0.414. The van der Waals surface area contributed by atoms with E-state index in [1.54, 1.807) is 4.90 Å². The number of ether oxygens (including phenoxy) is 1. The van der Waals surface area contributed by atoms with Gasteiger partial charge in [0.2, 0.25) is 23.5 Å². The molecule has 3 fully saturated rings. The van der Waals surface area contributed by atoms with E-state index in [9.17, 15) is 9.59 Å². The van der Waals surface area contributed by atoms with Gasteiger partial charge in [0.15, 0.2) is 0 Å². The number of aromatic nitrogens is 4. The van der Waals surface area contributed by atoms with Crippen molar-refractivity contribution in [2.45, 2.75) is 31.2 Å². The van der Waals surface area contributed by atoms with Gasteiger partial charge in [-0.2, -0.15) is 10.1 Å². The van der Waals surface area contributed by atoms with Gasteiger partial charge in [-0.1, -0.05) is 23.4 Å². The van der Waals surface area contributed by atoms with Gasteiger partial charge in [0.05, 0.1) is 36.9 Å². The standard InChI is InChI=1S/C29H31N7O4/c1-30-22-3-2-4-23(13-22)35-15-21(12-26(35)37)29(38)34-9-7-18(8-10-34)28-32-27(33-40-28)19-5-6-20-14-31-36(25(20)11-19)24-16-39-17-24/h2-6,11,13-14,18,21,24,30H,7-10,12,15-17H2,1H3/t21-/m1/s1. The number of anilines is 2. The number of fused-ring (bicyclic) bond motifs is 1. The maximum atomic E-state index is 13.3. The van der Waals surface area contributed by atoms with Crippen LogP contribution in [-0.2, 0) is 14.3 Å². The fourth-order valence-electron chi connectivity index (χ4n) is 5.91. The number of nitrogens with zero attached hydrogens (tertiary/aromatic N) is 6. The van der Waals surface area contributed by atoms with Gasteiger partial charge in [-0.3, -0.25) is 14.3 Å². The Balaban J connectivity index is 0.987. The van der Waals surface area contributed by atoms with Crippen molar-refractivity contribution in [2.75, 3.05) is 50.1 Å². The lowest BCUT2D eigenvalue weighted by Gasteiger charge is -2.32. The lowest BCUT2D eigenvalue weighted by molar-refractivity contribution is -0.136. The van der Waals surface area contributed by atoms with Crippen molar-refractivity contribution in [1.29, 1.82) is 0 Å². The Labute approximate surface area is 231 Å². The second-order valence-electron chi connectivity index (χ2n) is 10.8. The average Bonchev–Trinajstić information content (AvgIpc) is 3.71. The van der Waals surface area contributed by atoms with Crippen molar-refractivity contribution >= 4 is 34.1 Å². The monoisotopic (exact) mass is 541 g/mol. The van der Waals surface area contributed by atoms with E-state index in [-0.39, 0.29) is 36.1 Å². The Bertz CT molecular complexity index is 1570. The Morgan fingerprint density at radius 3 is 2.73 bits per heavy atom. The van der Waals surface area contributed by atoms with Crippen LogP contribution in [0, 0.1) is 5.92 Å². The molecule has 11 heteroatoms. The molecule has 7 rings (SSSR count). The smallest absolute Gasteiger partial charge is 0.230 e. The first-order valence-electron chi connectivity index (χ1n) is 13.8. The number of carbonyl (C=O) groups excluding carboxylic acids is 2. The number of hydrogen-bond donors (Lipinski definition) is 1. The summed E-state index contributed by atoms with van der Waals surface area (Å²) in [6.45, 7) is 2.98. The quantitative estimate of drug-likeness (QED) is 0.394. The SMILES string of the molecule is CNc1cccc(N2C[C@H](C(=O)N3CCC(c4nc(-c5ccc6cnn(C7COC7)c6c5)no4)CC3)CC2=O)c1. The minimum absolute atomic E-state index is 0.0119. The summed E-state index contributed by atoms with van der Waals surface area (Å²) in [5.74, 6) is 0.966. The van der Waals surface area contributed by atoms with E-state index >= 15 is 0 Å². The van der Waals surface area contributed by atoms with Gasteiger partial charge < -0.3 is 24.4 Å². The fourth-order valence-corrected chi connectivity index (χ4v) is 5.91. The Morgan fingerprint density at radius 2 is 1.95 bits per heavy atom. The minimum atomic E-state index is -0.327. The zero-order valence-electron chi connectivity index (χ0n) is 22.3. The zero-order valence-corrected chi connectivity index (χ0v) is 22.3. The normalized spacial score (nSPS) is 20.3. The third-order valence-corrected chi connectivity index (χ3v) is 8.34. The maximum Gasteiger partial charge on any atom is 0.230 e. The second kappa shape index (κ2) is 10.1. The number of benzene rings is 2. The van der Waals surface area contributed by atoms with Crippen LogP contribution in [0.4, 0.5) is 11.4 Å². The highest BCUT2D eigenvalue weighted by Gasteiger charge is 2.38. The van der Waals surface area contributed by atoms with Crippen LogP contribution in [0.15, 0.2) is 53.2 Å². The summed E-state index contributed by atoms with van der Waals surface area (Å²) in [7, 11) is 1.85. The van der Waals surface area contributed by atoms with E-state index in [1.807, 2.05) is 59.2 Å². The van der Waals surface area contributed by atoms with Crippen LogP contribution in [0.2, 0.25) is 0 Å². The predicted octanol–water partition coefficient (Wildman–Crippen LogP) is 3.46. The summed E-state index contributed by atoms with van der Waals surface area (Å²) < 4.78 is 13.0. The molecule has 0 spiro atoms. The third kappa shape index (κ3) is 4.40. The topological polar surface area (TPSA) is 119 Å². The molecule has 40 heavy (non-hydrogen) atoms. The zero-order chi connectivity index (χ0) is 27.2. The van der Waals surface area contributed by atoms with Crippen LogP contribution in [0.1, 0.15) is 37.1 Å². The van der Waals surface area contributed by atoms with Crippen molar-refractivity contribution in [2.24, 2.45) is 5.92 Å². The molecule has 0 aliphatic carbocycles. The number of amides is 2. The van der Waals surface area contributed by atoms with Crippen molar-refractivity contribution in [1.82, 2.24) is 24.8 Å². The van der Waals surface area contributed by atoms with E-state index in [1.165, 1.54) is 0 Å². The third-order valence-electron chi connectivity index (χ3n) is 8.34. The van der Waals surface area contributed by atoms with Crippen LogP contribution in [0.5, 0.6) is 0 Å². The summed E-state index contributed by atoms with van der Waals surface area (Å²) >= 11 is 0. The molecule has 3 aliphatic heterocycles. The molecule has 2 aromatic heterocycles. The predicted molar refractivity (Wildman–Crippen MR) is 148 cm³/mol. The molecule has 11 nitrogen and oxygen atoms in total. The van der Waals surface area contributed by atoms with Gasteiger partial charge in [-0.05, 0) is 37.1 Å². The van der Waals surface area contributed by atoms with Gasteiger partial charge in [-0.25, -0.2) is 0 Å². The summed E-state index contributed by atoms with van der Waals surface area (Å²) in [6, 6.07) is 14.0. The van der Waals surface area contributed by atoms with Crippen LogP contribution in [0.3, 0.4) is 0 Å².